The molecule has 0 aliphatic rings. The van der Waals surface area contributed by atoms with Crippen LogP contribution in [0.2, 0.25) is 24.7 Å². The third-order valence-corrected chi connectivity index (χ3v) is 3.93. The molecule has 0 aliphatic heterocycles. The van der Waals surface area contributed by atoms with E-state index in [9.17, 15) is 8.78 Å². The lowest BCUT2D eigenvalue weighted by Gasteiger charge is -2.16. The molecule has 0 saturated carbocycles. The Hall–Kier alpha value is -0.483. The topological polar surface area (TPSA) is 12.9 Å². The predicted molar refractivity (Wildman–Crippen MR) is 52.1 cm³/mol. The van der Waals surface area contributed by atoms with Crippen molar-refractivity contribution in [3.8, 4) is 0 Å². The first kappa shape index (κ1) is 10.6. The standard InChI is InChI=1S/C8H10ClF2NSi/c1-13(2,3)6-4-5(9)7(10)12-8(6)11/h4H,1-3H3. The maximum absolute atomic E-state index is 13.2. The largest absolute Gasteiger partial charge is 0.234 e. The van der Waals surface area contributed by atoms with Gasteiger partial charge in [-0.2, -0.15) is 13.8 Å². The number of hydrogen-bond acceptors (Lipinski definition) is 1. The minimum atomic E-state index is -1.82. The highest BCUT2D eigenvalue weighted by atomic mass is 35.5. The van der Waals surface area contributed by atoms with Gasteiger partial charge in [0.15, 0.2) is 0 Å². The van der Waals surface area contributed by atoms with Crippen LogP contribution in [0.15, 0.2) is 6.07 Å². The molecule has 72 valence electrons. The Bertz CT molecular complexity index is 336. The highest BCUT2D eigenvalue weighted by Crippen LogP contribution is 2.13. The molecule has 0 spiro atoms. The lowest BCUT2D eigenvalue weighted by atomic mass is 10.5. The molecule has 1 nitrogen and oxygen atoms in total. The summed E-state index contributed by atoms with van der Waals surface area (Å²) >= 11 is 5.51. The van der Waals surface area contributed by atoms with E-state index in [1.165, 1.54) is 6.07 Å². The molecule has 5 heteroatoms. The van der Waals surface area contributed by atoms with Gasteiger partial charge in [0.2, 0.25) is 11.9 Å². The van der Waals surface area contributed by atoms with E-state index in [1.54, 1.807) is 0 Å². The zero-order valence-corrected chi connectivity index (χ0v) is 9.41. The molecule has 1 aromatic rings. The molecule has 1 heterocycles. The first-order valence-corrected chi connectivity index (χ1v) is 7.72. The van der Waals surface area contributed by atoms with Crippen molar-refractivity contribution in [2.24, 2.45) is 0 Å². The fourth-order valence-electron chi connectivity index (χ4n) is 0.972. The summed E-state index contributed by atoms with van der Waals surface area (Å²) in [5.41, 5.74) is 0. The van der Waals surface area contributed by atoms with Gasteiger partial charge in [0.05, 0.1) is 13.1 Å². The summed E-state index contributed by atoms with van der Waals surface area (Å²) in [4.78, 5) is 3.11. The zero-order valence-electron chi connectivity index (χ0n) is 7.66. The Labute approximate surface area is 81.8 Å². The molecule has 13 heavy (non-hydrogen) atoms. The van der Waals surface area contributed by atoms with Gasteiger partial charge < -0.3 is 0 Å². The van der Waals surface area contributed by atoms with Crippen LogP contribution in [-0.2, 0) is 0 Å². The molecular weight excluding hydrogens is 212 g/mol. The zero-order chi connectivity index (χ0) is 10.2. The minimum Gasteiger partial charge on any atom is -0.189 e. The maximum Gasteiger partial charge on any atom is 0.234 e. The summed E-state index contributed by atoms with van der Waals surface area (Å²) in [7, 11) is -1.82. The number of hydrogen-bond donors (Lipinski definition) is 0. The molecule has 0 saturated heterocycles. The first-order chi connectivity index (χ1) is 5.82. The minimum absolute atomic E-state index is 0.112. The maximum atomic E-state index is 13.2. The number of rotatable bonds is 1. The van der Waals surface area contributed by atoms with Gasteiger partial charge in [0.25, 0.3) is 0 Å². The fourth-order valence-corrected chi connectivity index (χ4v) is 2.47. The number of aromatic nitrogens is 1. The molecule has 0 aliphatic carbocycles. The molecule has 1 rings (SSSR count). The first-order valence-electron chi connectivity index (χ1n) is 3.84. The van der Waals surface area contributed by atoms with Gasteiger partial charge in [-0.25, -0.2) is 0 Å². The van der Waals surface area contributed by atoms with E-state index < -0.39 is 20.0 Å². The summed E-state index contributed by atoms with van der Waals surface area (Å²) in [5.74, 6) is -1.68. The lowest BCUT2D eigenvalue weighted by molar-refractivity contribution is 0.518. The van der Waals surface area contributed by atoms with Gasteiger partial charge in [-0.3, -0.25) is 0 Å². The molecule has 0 aromatic carbocycles. The van der Waals surface area contributed by atoms with E-state index in [0.29, 0.717) is 5.19 Å². The number of pyridine rings is 1. The second-order valence-electron chi connectivity index (χ2n) is 3.85. The molecule has 0 bridgehead atoms. The Morgan fingerprint density at radius 1 is 1.23 bits per heavy atom. The highest BCUT2D eigenvalue weighted by molar-refractivity contribution is 6.88. The summed E-state index contributed by atoms with van der Waals surface area (Å²) in [6.45, 7) is 5.84. The molecule has 0 amide bonds. The van der Waals surface area contributed by atoms with Crippen molar-refractivity contribution in [3.63, 3.8) is 0 Å². The van der Waals surface area contributed by atoms with Crippen molar-refractivity contribution in [2.75, 3.05) is 0 Å². The van der Waals surface area contributed by atoms with E-state index >= 15 is 0 Å². The van der Waals surface area contributed by atoms with Crippen molar-refractivity contribution >= 4 is 24.9 Å². The van der Waals surface area contributed by atoms with Crippen LogP contribution >= 0.6 is 11.6 Å². The van der Waals surface area contributed by atoms with Crippen molar-refractivity contribution in [3.05, 3.63) is 23.0 Å². The van der Waals surface area contributed by atoms with Crippen LogP contribution in [0.1, 0.15) is 0 Å². The SMILES string of the molecule is C[Si](C)(C)c1cc(Cl)c(F)nc1F. The van der Waals surface area contributed by atoms with Gasteiger partial charge in [0, 0.05) is 0 Å². The third-order valence-electron chi connectivity index (χ3n) is 1.69. The van der Waals surface area contributed by atoms with Crippen LogP contribution < -0.4 is 5.19 Å². The van der Waals surface area contributed by atoms with Gasteiger partial charge in [0.1, 0.15) is 0 Å². The van der Waals surface area contributed by atoms with Crippen LogP contribution in [0.5, 0.6) is 0 Å². The van der Waals surface area contributed by atoms with Gasteiger partial charge in [-0.1, -0.05) is 31.2 Å². The summed E-state index contributed by atoms with van der Waals surface area (Å²) in [6, 6.07) is 1.34. The van der Waals surface area contributed by atoms with Crippen LogP contribution in [-0.4, -0.2) is 13.1 Å². The summed E-state index contributed by atoms with van der Waals surface area (Å²) in [6.07, 6.45) is 0. The Morgan fingerprint density at radius 3 is 2.23 bits per heavy atom. The Kier molecular flexibility index (Phi) is 2.73. The van der Waals surface area contributed by atoms with Crippen molar-refractivity contribution < 1.29 is 8.78 Å². The van der Waals surface area contributed by atoms with E-state index in [2.05, 4.69) is 4.98 Å². The van der Waals surface area contributed by atoms with Crippen molar-refractivity contribution in [1.82, 2.24) is 4.98 Å². The summed E-state index contributed by atoms with van der Waals surface area (Å²) in [5, 5.41) is 0.345. The second-order valence-corrected chi connectivity index (χ2v) is 9.30. The monoisotopic (exact) mass is 221 g/mol. The van der Waals surface area contributed by atoms with Crippen molar-refractivity contribution in [2.45, 2.75) is 19.6 Å². The average molecular weight is 222 g/mol. The second kappa shape index (κ2) is 3.34. The molecular formula is C8H10ClF2NSi. The fraction of sp³-hybridized carbons (Fsp3) is 0.375. The van der Waals surface area contributed by atoms with Crippen LogP contribution in [0.3, 0.4) is 0 Å². The lowest BCUT2D eigenvalue weighted by Crippen LogP contribution is -2.40. The van der Waals surface area contributed by atoms with Gasteiger partial charge >= 0.3 is 0 Å². The smallest absolute Gasteiger partial charge is 0.189 e. The van der Waals surface area contributed by atoms with Crippen molar-refractivity contribution in [1.29, 1.82) is 0 Å². The summed E-state index contributed by atoms with van der Waals surface area (Å²) < 4.78 is 25.8. The molecule has 1 aromatic heterocycles. The van der Waals surface area contributed by atoms with Crippen LogP contribution in [0.4, 0.5) is 8.78 Å². The molecule has 0 unspecified atom stereocenters. The van der Waals surface area contributed by atoms with E-state index in [4.69, 9.17) is 11.6 Å². The molecule has 0 N–H and O–H groups in total. The molecule has 0 radical (unpaired) electrons. The average Bonchev–Trinajstić information content (AvgIpc) is 1.94. The predicted octanol–water partition coefficient (Wildman–Crippen LogP) is 2.56. The number of nitrogens with zero attached hydrogens (tertiary/aromatic N) is 1. The third kappa shape index (κ3) is 2.25. The van der Waals surface area contributed by atoms with Crippen LogP contribution in [0.25, 0.3) is 0 Å². The highest BCUT2D eigenvalue weighted by Gasteiger charge is 2.23. The normalized spacial score (nSPS) is 11.8. The molecule has 0 atom stereocenters. The Balaban J connectivity index is 3.32. The Morgan fingerprint density at radius 2 is 1.77 bits per heavy atom. The van der Waals surface area contributed by atoms with Crippen LogP contribution in [0, 0.1) is 11.9 Å². The van der Waals surface area contributed by atoms with E-state index in [1.807, 2.05) is 19.6 Å². The van der Waals surface area contributed by atoms with E-state index in [-0.39, 0.29) is 5.02 Å². The van der Waals surface area contributed by atoms with E-state index in [0.717, 1.165) is 0 Å². The van der Waals surface area contributed by atoms with Gasteiger partial charge in [-0.15, -0.1) is 0 Å². The molecule has 0 fully saturated rings. The quantitative estimate of drug-likeness (QED) is 0.525. The number of halogens is 3. The van der Waals surface area contributed by atoms with Gasteiger partial charge in [-0.05, 0) is 11.3 Å².